The summed E-state index contributed by atoms with van der Waals surface area (Å²) in [6.45, 7) is 0. The Balaban J connectivity index is 0.000000139. The molecule has 4 aromatic carbocycles. The summed E-state index contributed by atoms with van der Waals surface area (Å²) >= 11 is 1.88. The molecule has 2 heterocycles. The van der Waals surface area contributed by atoms with Gasteiger partial charge in [0.05, 0.1) is 9.79 Å². The summed E-state index contributed by atoms with van der Waals surface area (Å²) in [5, 5.41) is 0. The van der Waals surface area contributed by atoms with Crippen LogP contribution in [0.3, 0.4) is 0 Å². The molecule has 160 valence electrons. The molecule has 0 aliphatic carbocycles. The van der Waals surface area contributed by atoms with Crippen LogP contribution in [0.2, 0.25) is 0 Å². The van der Waals surface area contributed by atoms with Crippen LogP contribution in [-0.2, 0) is 22.7 Å². The van der Waals surface area contributed by atoms with Gasteiger partial charge >= 0.3 is 0 Å². The van der Waals surface area contributed by atoms with Gasteiger partial charge in [-0.15, -0.1) is 0 Å². The number of benzene rings is 4. The first kappa shape index (κ1) is 20.7. The highest BCUT2D eigenvalue weighted by Crippen LogP contribution is 2.39. The van der Waals surface area contributed by atoms with Crippen molar-refractivity contribution in [1.82, 2.24) is 0 Å². The molecule has 4 nitrogen and oxygen atoms in total. The molecular weight excluding hydrogens is 436 g/mol. The monoisotopic (exact) mass is 458 g/mol. The van der Waals surface area contributed by atoms with Crippen molar-refractivity contribution in [1.29, 1.82) is 0 Å². The zero-order valence-corrected chi connectivity index (χ0v) is 18.9. The molecular formula is C26H22N2O2S2. The standard InChI is InChI=1S/C13H12N2O2S.C13H10S/c14-10-3-1-8-5-9-2-4-11(15)7-13(9)18(16,17)12(8)6-10;1-3-7-12-10(5-1)9-11-6-2-4-8-13(11)14-12/h1-4,6-7H,5,14-15H2;1-8H,9H2. The van der Waals surface area contributed by atoms with Gasteiger partial charge in [0.25, 0.3) is 0 Å². The molecule has 32 heavy (non-hydrogen) atoms. The largest absolute Gasteiger partial charge is 0.399 e. The molecule has 0 saturated heterocycles. The summed E-state index contributed by atoms with van der Waals surface area (Å²) in [6.07, 6.45) is 1.67. The third kappa shape index (κ3) is 3.76. The fraction of sp³-hybridized carbons (Fsp3) is 0.0769. The van der Waals surface area contributed by atoms with Gasteiger partial charge in [0, 0.05) is 27.6 Å². The van der Waals surface area contributed by atoms with Crippen LogP contribution in [-0.4, -0.2) is 8.42 Å². The highest BCUT2D eigenvalue weighted by atomic mass is 32.2. The first-order chi connectivity index (χ1) is 15.4. The number of fused-ring (bicyclic) bond motifs is 4. The fourth-order valence-corrected chi connectivity index (χ4v) is 6.94. The van der Waals surface area contributed by atoms with Gasteiger partial charge in [0.2, 0.25) is 9.84 Å². The highest BCUT2D eigenvalue weighted by Gasteiger charge is 2.29. The number of rotatable bonds is 0. The van der Waals surface area contributed by atoms with Gasteiger partial charge in [-0.3, -0.25) is 0 Å². The van der Waals surface area contributed by atoms with E-state index in [0.29, 0.717) is 27.6 Å². The van der Waals surface area contributed by atoms with Crippen LogP contribution in [0, 0.1) is 0 Å². The Labute approximate surface area is 192 Å². The Morgan fingerprint density at radius 1 is 0.594 bits per heavy atom. The fourth-order valence-electron chi connectivity index (χ4n) is 4.08. The van der Waals surface area contributed by atoms with Crippen LogP contribution in [0.1, 0.15) is 22.3 Å². The van der Waals surface area contributed by atoms with Crippen LogP contribution in [0.4, 0.5) is 11.4 Å². The Bertz CT molecular complexity index is 1300. The maximum absolute atomic E-state index is 12.5. The minimum Gasteiger partial charge on any atom is -0.399 e. The molecule has 6 rings (SSSR count). The van der Waals surface area contributed by atoms with E-state index in [4.69, 9.17) is 11.5 Å². The first-order valence-electron chi connectivity index (χ1n) is 10.3. The predicted octanol–water partition coefficient (Wildman–Crippen LogP) is 5.33. The summed E-state index contributed by atoms with van der Waals surface area (Å²) < 4.78 is 25.0. The molecule has 0 radical (unpaired) electrons. The van der Waals surface area contributed by atoms with Gasteiger partial charge in [-0.1, -0.05) is 60.3 Å². The van der Waals surface area contributed by atoms with Gasteiger partial charge in [-0.25, -0.2) is 8.42 Å². The van der Waals surface area contributed by atoms with E-state index in [1.54, 1.807) is 24.3 Å². The topological polar surface area (TPSA) is 86.2 Å². The summed E-state index contributed by atoms with van der Waals surface area (Å²) in [6, 6.07) is 27.3. The van der Waals surface area contributed by atoms with Crippen LogP contribution in [0.15, 0.2) is 105 Å². The zero-order valence-electron chi connectivity index (χ0n) is 17.3. The molecule has 0 aromatic heterocycles. The minimum absolute atomic E-state index is 0.292. The molecule has 0 atom stereocenters. The van der Waals surface area contributed by atoms with Crippen LogP contribution in [0.25, 0.3) is 0 Å². The molecule has 4 aromatic rings. The SMILES string of the molecule is Nc1ccc2c(c1)S(=O)(=O)c1cc(N)ccc1C2.c1ccc2c(c1)Cc1ccccc1S2. The minimum atomic E-state index is -3.51. The average Bonchev–Trinajstić information content (AvgIpc) is 2.79. The molecule has 6 heteroatoms. The lowest BCUT2D eigenvalue weighted by Gasteiger charge is -2.20. The Hall–Kier alpha value is -3.22. The van der Waals surface area contributed by atoms with Crippen LogP contribution in [0.5, 0.6) is 0 Å². The van der Waals surface area contributed by atoms with Crippen molar-refractivity contribution in [3.05, 3.63) is 107 Å². The molecule has 0 unspecified atom stereocenters. The van der Waals surface area contributed by atoms with Crippen molar-refractivity contribution in [3.63, 3.8) is 0 Å². The van der Waals surface area contributed by atoms with Crippen LogP contribution < -0.4 is 11.5 Å². The molecule has 2 aliphatic heterocycles. The van der Waals surface area contributed by atoms with E-state index >= 15 is 0 Å². The lowest BCUT2D eigenvalue weighted by atomic mass is 10.0. The van der Waals surface area contributed by atoms with E-state index in [9.17, 15) is 8.42 Å². The zero-order chi connectivity index (χ0) is 22.3. The van der Waals surface area contributed by atoms with E-state index in [1.807, 2.05) is 11.8 Å². The average molecular weight is 459 g/mol. The number of sulfone groups is 1. The molecule has 4 N–H and O–H groups in total. The van der Waals surface area contributed by atoms with Gasteiger partial charge in [0.1, 0.15) is 0 Å². The lowest BCUT2D eigenvalue weighted by Crippen LogP contribution is -2.15. The van der Waals surface area contributed by atoms with Gasteiger partial charge in [-0.05, 0) is 65.1 Å². The van der Waals surface area contributed by atoms with E-state index in [2.05, 4.69) is 48.5 Å². The Kier molecular flexibility index (Phi) is 5.19. The van der Waals surface area contributed by atoms with E-state index < -0.39 is 9.84 Å². The summed E-state index contributed by atoms with van der Waals surface area (Å²) in [5.74, 6) is 0. The van der Waals surface area contributed by atoms with E-state index in [1.165, 1.54) is 33.1 Å². The lowest BCUT2D eigenvalue weighted by molar-refractivity contribution is 0.592. The van der Waals surface area contributed by atoms with E-state index in [0.717, 1.165) is 17.5 Å². The summed E-state index contributed by atoms with van der Waals surface area (Å²) in [5.41, 5.74) is 16.7. The van der Waals surface area contributed by atoms with Gasteiger partial charge < -0.3 is 11.5 Å². The molecule has 0 spiro atoms. The summed E-state index contributed by atoms with van der Waals surface area (Å²) in [7, 11) is -3.51. The molecule has 2 aliphatic rings. The second kappa shape index (κ2) is 8.04. The Morgan fingerprint density at radius 2 is 1.03 bits per heavy atom. The number of nitrogens with two attached hydrogens (primary N) is 2. The Morgan fingerprint density at radius 3 is 1.53 bits per heavy atom. The van der Waals surface area contributed by atoms with E-state index in [-0.39, 0.29) is 0 Å². The van der Waals surface area contributed by atoms with Crippen molar-refractivity contribution in [2.75, 3.05) is 11.5 Å². The van der Waals surface area contributed by atoms with Gasteiger partial charge in [0.15, 0.2) is 0 Å². The smallest absolute Gasteiger partial charge is 0.207 e. The number of anilines is 2. The molecule has 0 amide bonds. The van der Waals surface area contributed by atoms with Crippen molar-refractivity contribution >= 4 is 33.0 Å². The quantitative estimate of drug-likeness (QED) is 0.301. The third-order valence-electron chi connectivity index (χ3n) is 5.69. The predicted molar refractivity (Wildman–Crippen MR) is 130 cm³/mol. The maximum Gasteiger partial charge on any atom is 0.207 e. The second-order valence-corrected chi connectivity index (χ2v) is 10.9. The van der Waals surface area contributed by atoms with Crippen molar-refractivity contribution in [3.8, 4) is 0 Å². The molecule has 0 bridgehead atoms. The maximum atomic E-state index is 12.5. The first-order valence-corrected chi connectivity index (χ1v) is 12.6. The number of hydrogen-bond donors (Lipinski definition) is 2. The number of nitrogen functional groups attached to an aromatic ring is 2. The normalized spacial score (nSPS) is 14.6. The second-order valence-electron chi connectivity index (χ2n) is 7.91. The van der Waals surface area contributed by atoms with Crippen LogP contribution >= 0.6 is 11.8 Å². The third-order valence-corrected chi connectivity index (χ3v) is 8.84. The molecule has 0 fully saturated rings. The highest BCUT2D eigenvalue weighted by molar-refractivity contribution is 7.99. The summed E-state index contributed by atoms with van der Waals surface area (Å²) in [4.78, 5) is 3.40. The van der Waals surface area contributed by atoms with Gasteiger partial charge in [-0.2, -0.15) is 0 Å². The van der Waals surface area contributed by atoms with Crippen molar-refractivity contribution < 1.29 is 8.42 Å². The number of hydrogen-bond acceptors (Lipinski definition) is 5. The van der Waals surface area contributed by atoms with Crippen molar-refractivity contribution in [2.24, 2.45) is 0 Å². The van der Waals surface area contributed by atoms with Crippen molar-refractivity contribution in [2.45, 2.75) is 32.4 Å². The molecule has 0 saturated carbocycles.